The largest absolute Gasteiger partial charge is 0.378 e. The Hall–Kier alpha value is -1.19. The van der Waals surface area contributed by atoms with Gasteiger partial charge in [-0.1, -0.05) is 15.9 Å². The molecule has 0 bridgehead atoms. The van der Waals surface area contributed by atoms with E-state index >= 15 is 0 Å². The van der Waals surface area contributed by atoms with Gasteiger partial charge in [-0.2, -0.15) is 0 Å². The highest BCUT2D eigenvalue weighted by molar-refractivity contribution is 9.10. The molecular weight excluding hydrogens is 406 g/mol. The summed E-state index contributed by atoms with van der Waals surface area (Å²) in [6, 6.07) is 7.65. The maximum absolute atomic E-state index is 12.3. The van der Waals surface area contributed by atoms with Gasteiger partial charge in [-0.05, 0) is 30.5 Å². The van der Waals surface area contributed by atoms with E-state index in [1.807, 2.05) is 30.5 Å². The molecule has 0 radical (unpaired) electrons. The van der Waals surface area contributed by atoms with Crippen molar-refractivity contribution in [2.75, 3.05) is 45.8 Å². The summed E-state index contributed by atoms with van der Waals surface area (Å²) in [5, 5.41) is 3.85. The first-order chi connectivity index (χ1) is 12.2. The van der Waals surface area contributed by atoms with Crippen molar-refractivity contribution in [3.63, 3.8) is 0 Å². The third kappa shape index (κ3) is 6.23. The Balaban J connectivity index is 1.88. The summed E-state index contributed by atoms with van der Waals surface area (Å²) in [4.78, 5) is 17.8. The second-order valence-corrected chi connectivity index (χ2v) is 6.90. The van der Waals surface area contributed by atoms with Crippen LogP contribution in [-0.2, 0) is 9.47 Å². The van der Waals surface area contributed by atoms with Crippen LogP contribution in [0.3, 0.4) is 0 Å². The fraction of sp³-hybridized carbons (Fsp3) is 0.412. The lowest BCUT2D eigenvalue weighted by atomic mass is 10.2. The fourth-order valence-corrected chi connectivity index (χ4v) is 3.16. The number of hydrogen-bond acceptors (Lipinski definition) is 6. The Morgan fingerprint density at radius 2 is 2.00 bits per heavy atom. The van der Waals surface area contributed by atoms with Crippen LogP contribution in [0.25, 0.3) is 10.9 Å². The van der Waals surface area contributed by atoms with Gasteiger partial charge in [0.2, 0.25) is 0 Å². The van der Waals surface area contributed by atoms with Crippen molar-refractivity contribution in [1.29, 1.82) is 0 Å². The molecule has 0 atom stereocenters. The quantitative estimate of drug-likeness (QED) is 0.447. The second kappa shape index (κ2) is 10.7. The van der Waals surface area contributed by atoms with Crippen LogP contribution in [-0.4, -0.2) is 56.7 Å². The zero-order valence-corrected chi connectivity index (χ0v) is 16.5. The molecule has 1 aromatic heterocycles. The highest BCUT2D eigenvalue weighted by Crippen LogP contribution is 2.28. The molecule has 0 spiro atoms. The van der Waals surface area contributed by atoms with E-state index in [1.54, 1.807) is 11.8 Å². The molecule has 1 heterocycles. The summed E-state index contributed by atoms with van der Waals surface area (Å²) in [7, 11) is 0. The van der Waals surface area contributed by atoms with E-state index in [0.717, 1.165) is 20.3 Å². The van der Waals surface area contributed by atoms with E-state index in [2.05, 4.69) is 26.2 Å². The summed E-state index contributed by atoms with van der Waals surface area (Å²) in [5.74, 6) is -0.205. The van der Waals surface area contributed by atoms with Gasteiger partial charge in [0.1, 0.15) is 5.69 Å². The number of halogens is 1. The van der Waals surface area contributed by atoms with Crippen molar-refractivity contribution < 1.29 is 14.3 Å². The number of fused-ring (bicyclic) bond motifs is 1. The number of aromatic nitrogens is 1. The monoisotopic (exact) mass is 427 g/mol. The molecule has 3 N–H and O–H groups in total. The van der Waals surface area contributed by atoms with Crippen molar-refractivity contribution in [2.45, 2.75) is 4.90 Å². The highest BCUT2D eigenvalue weighted by Gasteiger charge is 2.12. The first kappa shape index (κ1) is 20.1. The van der Waals surface area contributed by atoms with Crippen LogP contribution in [0.5, 0.6) is 0 Å². The minimum Gasteiger partial charge on any atom is -0.378 e. The number of carbonyl (C=O) groups excluding carboxylic acids is 1. The SMILES string of the molecule is CSc1cc(C(=O)NCCOCCOCCN)nc2ccc(Br)cc12. The van der Waals surface area contributed by atoms with Crippen LogP contribution in [0.4, 0.5) is 0 Å². The summed E-state index contributed by atoms with van der Waals surface area (Å²) >= 11 is 5.06. The molecule has 25 heavy (non-hydrogen) atoms. The standard InChI is InChI=1S/C17H22BrN3O3S/c1-25-16-11-15(21-14-3-2-12(18)10-13(14)16)17(22)20-5-7-24-9-8-23-6-4-19/h2-3,10-11H,4-9,19H2,1H3,(H,20,22). The predicted molar refractivity (Wildman–Crippen MR) is 104 cm³/mol. The van der Waals surface area contributed by atoms with Crippen LogP contribution in [0.15, 0.2) is 33.6 Å². The number of rotatable bonds is 10. The van der Waals surface area contributed by atoms with Crippen LogP contribution >= 0.6 is 27.7 Å². The van der Waals surface area contributed by atoms with Crippen molar-refractivity contribution in [3.05, 3.63) is 34.4 Å². The Labute approximate surface area is 160 Å². The average molecular weight is 428 g/mol. The van der Waals surface area contributed by atoms with Gasteiger partial charge in [0.05, 0.1) is 31.9 Å². The smallest absolute Gasteiger partial charge is 0.270 e. The van der Waals surface area contributed by atoms with E-state index in [1.165, 1.54) is 0 Å². The number of thioether (sulfide) groups is 1. The van der Waals surface area contributed by atoms with E-state index in [0.29, 0.717) is 45.2 Å². The number of hydrogen-bond donors (Lipinski definition) is 2. The Morgan fingerprint density at radius 3 is 2.72 bits per heavy atom. The minimum absolute atomic E-state index is 0.205. The van der Waals surface area contributed by atoms with Gasteiger partial charge in [-0.15, -0.1) is 11.8 Å². The summed E-state index contributed by atoms with van der Waals surface area (Å²) in [5.41, 5.74) is 6.53. The highest BCUT2D eigenvalue weighted by atomic mass is 79.9. The number of nitrogens with two attached hydrogens (primary N) is 1. The van der Waals surface area contributed by atoms with Crippen molar-refractivity contribution in [2.24, 2.45) is 5.73 Å². The van der Waals surface area contributed by atoms with Gasteiger partial charge in [0, 0.05) is 27.8 Å². The van der Waals surface area contributed by atoms with Crippen molar-refractivity contribution in [3.8, 4) is 0 Å². The summed E-state index contributed by atoms with van der Waals surface area (Å²) < 4.78 is 11.6. The van der Waals surface area contributed by atoms with Crippen LogP contribution in [0.1, 0.15) is 10.5 Å². The van der Waals surface area contributed by atoms with E-state index in [-0.39, 0.29) is 5.91 Å². The fourth-order valence-electron chi connectivity index (χ4n) is 2.18. The molecule has 0 unspecified atom stereocenters. The minimum atomic E-state index is -0.205. The molecule has 0 fully saturated rings. The maximum atomic E-state index is 12.3. The molecule has 136 valence electrons. The maximum Gasteiger partial charge on any atom is 0.270 e. The molecule has 8 heteroatoms. The van der Waals surface area contributed by atoms with E-state index in [4.69, 9.17) is 15.2 Å². The molecule has 0 aliphatic carbocycles. The molecule has 0 aliphatic rings. The van der Waals surface area contributed by atoms with E-state index < -0.39 is 0 Å². The third-order valence-electron chi connectivity index (χ3n) is 3.35. The van der Waals surface area contributed by atoms with Crippen LogP contribution in [0, 0.1) is 0 Å². The molecule has 0 saturated heterocycles. The molecule has 2 rings (SSSR count). The zero-order chi connectivity index (χ0) is 18.1. The third-order valence-corrected chi connectivity index (χ3v) is 4.62. The number of carbonyl (C=O) groups is 1. The molecule has 0 saturated carbocycles. The Bertz CT molecular complexity index is 715. The summed E-state index contributed by atoms with van der Waals surface area (Å²) in [6.45, 7) is 2.86. The number of ether oxygens (including phenoxy) is 2. The van der Waals surface area contributed by atoms with Gasteiger partial charge in [0.25, 0.3) is 5.91 Å². The molecule has 1 amide bonds. The average Bonchev–Trinajstić information content (AvgIpc) is 2.62. The molecular formula is C17H22BrN3O3S. The van der Waals surface area contributed by atoms with Gasteiger partial charge >= 0.3 is 0 Å². The number of pyridine rings is 1. The van der Waals surface area contributed by atoms with Gasteiger partial charge in [-0.3, -0.25) is 4.79 Å². The molecule has 2 aromatic rings. The first-order valence-corrected chi connectivity index (χ1v) is 9.95. The van der Waals surface area contributed by atoms with Gasteiger partial charge in [0.15, 0.2) is 0 Å². The van der Waals surface area contributed by atoms with Crippen molar-refractivity contribution >= 4 is 44.5 Å². The second-order valence-electron chi connectivity index (χ2n) is 5.14. The number of amides is 1. The normalized spacial score (nSPS) is 11.0. The lowest BCUT2D eigenvalue weighted by Gasteiger charge is -2.09. The zero-order valence-electron chi connectivity index (χ0n) is 14.1. The topological polar surface area (TPSA) is 86.5 Å². The lowest BCUT2D eigenvalue weighted by Crippen LogP contribution is -2.28. The van der Waals surface area contributed by atoms with E-state index in [9.17, 15) is 4.79 Å². The van der Waals surface area contributed by atoms with Gasteiger partial charge < -0.3 is 20.5 Å². The predicted octanol–water partition coefficient (Wildman–Crippen LogP) is 2.44. The molecule has 0 aliphatic heterocycles. The Kier molecular flexibility index (Phi) is 8.63. The number of nitrogens with zero attached hydrogens (tertiary/aromatic N) is 1. The molecule has 6 nitrogen and oxygen atoms in total. The van der Waals surface area contributed by atoms with Gasteiger partial charge in [-0.25, -0.2) is 4.98 Å². The molecule has 1 aromatic carbocycles. The summed E-state index contributed by atoms with van der Waals surface area (Å²) in [6.07, 6.45) is 1.98. The lowest BCUT2D eigenvalue weighted by molar-refractivity contribution is 0.0511. The van der Waals surface area contributed by atoms with Crippen molar-refractivity contribution in [1.82, 2.24) is 10.3 Å². The Morgan fingerprint density at radius 1 is 1.24 bits per heavy atom. The first-order valence-electron chi connectivity index (χ1n) is 7.93. The number of nitrogens with one attached hydrogen (secondary N) is 1. The number of benzene rings is 1. The van der Waals surface area contributed by atoms with Crippen LogP contribution < -0.4 is 11.1 Å². The van der Waals surface area contributed by atoms with Crippen LogP contribution in [0.2, 0.25) is 0 Å².